The Kier molecular flexibility index (Phi) is 4.83. The summed E-state index contributed by atoms with van der Waals surface area (Å²) >= 11 is 0. The van der Waals surface area contributed by atoms with Gasteiger partial charge < -0.3 is 9.64 Å². The number of carbonyl (C=O) groups is 1. The van der Waals surface area contributed by atoms with Crippen LogP contribution < -0.4 is 5.32 Å². The summed E-state index contributed by atoms with van der Waals surface area (Å²) in [6, 6.07) is 0.381. The maximum Gasteiger partial charge on any atom is 0.409 e. The molecule has 0 atom stereocenters. The molecule has 1 aliphatic rings. The van der Waals surface area contributed by atoms with Gasteiger partial charge in [-0.05, 0) is 33.6 Å². The summed E-state index contributed by atoms with van der Waals surface area (Å²) in [6.07, 6.45) is 7.08. The predicted molar refractivity (Wildman–Crippen MR) is 67.7 cm³/mol. The molecule has 0 saturated carbocycles. The van der Waals surface area contributed by atoms with Crippen molar-refractivity contribution in [2.45, 2.75) is 45.2 Å². The molecule has 0 unspecified atom stereocenters. The van der Waals surface area contributed by atoms with E-state index in [1.54, 1.807) is 4.90 Å². The van der Waals surface area contributed by atoms with Gasteiger partial charge in [-0.1, -0.05) is 5.92 Å². The topological polar surface area (TPSA) is 41.6 Å². The van der Waals surface area contributed by atoms with Gasteiger partial charge in [0.15, 0.2) is 0 Å². The van der Waals surface area contributed by atoms with E-state index in [0.29, 0.717) is 12.6 Å². The third-order valence-electron chi connectivity index (χ3n) is 2.95. The molecule has 0 bridgehead atoms. The Labute approximate surface area is 104 Å². The number of hydrogen-bond donors (Lipinski definition) is 1. The lowest BCUT2D eigenvalue weighted by molar-refractivity contribution is 0.0938. The number of rotatable bonds is 3. The van der Waals surface area contributed by atoms with Crippen LogP contribution in [0.2, 0.25) is 0 Å². The lowest BCUT2D eigenvalue weighted by Crippen LogP contribution is -2.51. The normalized spacial score (nSPS) is 17.6. The number of amides is 1. The minimum absolute atomic E-state index is 0.206. The van der Waals surface area contributed by atoms with Crippen LogP contribution in [0.5, 0.6) is 0 Å². The highest BCUT2D eigenvalue weighted by Crippen LogP contribution is 2.14. The highest BCUT2D eigenvalue weighted by Gasteiger charge is 2.26. The van der Waals surface area contributed by atoms with E-state index in [2.05, 4.69) is 11.2 Å². The van der Waals surface area contributed by atoms with Crippen molar-refractivity contribution < 1.29 is 9.53 Å². The molecule has 0 aromatic heterocycles. The molecule has 1 aliphatic heterocycles. The van der Waals surface area contributed by atoms with Crippen LogP contribution in [0, 0.1) is 12.3 Å². The first-order chi connectivity index (χ1) is 7.98. The molecular weight excluding hydrogens is 216 g/mol. The number of terminal acetylenes is 1. The predicted octanol–water partition coefficient (Wildman–Crippen LogP) is 1.61. The van der Waals surface area contributed by atoms with Gasteiger partial charge in [0.25, 0.3) is 0 Å². The minimum Gasteiger partial charge on any atom is -0.450 e. The monoisotopic (exact) mass is 238 g/mol. The summed E-state index contributed by atoms with van der Waals surface area (Å²) in [7, 11) is 0. The molecule has 1 fully saturated rings. The van der Waals surface area contributed by atoms with E-state index in [0.717, 1.165) is 25.9 Å². The van der Waals surface area contributed by atoms with Crippen LogP contribution in [0.1, 0.15) is 33.6 Å². The van der Waals surface area contributed by atoms with Crippen molar-refractivity contribution in [3.8, 4) is 12.3 Å². The van der Waals surface area contributed by atoms with Gasteiger partial charge in [0.05, 0.1) is 12.1 Å². The van der Waals surface area contributed by atoms with Gasteiger partial charge in [-0.25, -0.2) is 4.79 Å². The maximum atomic E-state index is 11.5. The average molecular weight is 238 g/mol. The fourth-order valence-corrected chi connectivity index (χ4v) is 1.97. The highest BCUT2D eigenvalue weighted by atomic mass is 16.6. The summed E-state index contributed by atoms with van der Waals surface area (Å²) in [4.78, 5) is 13.3. The molecule has 0 radical (unpaired) electrons. The molecule has 17 heavy (non-hydrogen) atoms. The lowest BCUT2D eigenvalue weighted by Gasteiger charge is -2.35. The van der Waals surface area contributed by atoms with Gasteiger partial charge in [-0.2, -0.15) is 0 Å². The van der Waals surface area contributed by atoms with Crippen molar-refractivity contribution in [2.75, 3.05) is 19.7 Å². The van der Waals surface area contributed by atoms with Crippen LogP contribution in [0.4, 0.5) is 4.79 Å². The van der Waals surface area contributed by atoms with Crippen molar-refractivity contribution in [1.82, 2.24) is 10.2 Å². The van der Waals surface area contributed by atoms with Crippen LogP contribution in [-0.4, -0.2) is 42.3 Å². The number of hydrogen-bond acceptors (Lipinski definition) is 3. The van der Waals surface area contributed by atoms with E-state index < -0.39 is 0 Å². The fraction of sp³-hybridized carbons (Fsp3) is 0.769. The number of nitrogens with one attached hydrogen (secondary N) is 1. The molecule has 1 amide bonds. The third-order valence-corrected chi connectivity index (χ3v) is 2.95. The lowest BCUT2D eigenvalue weighted by atomic mass is 9.99. The first-order valence-electron chi connectivity index (χ1n) is 6.15. The zero-order valence-corrected chi connectivity index (χ0v) is 11.0. The molecule has 1 saturated heterocycles. The van der Waals surface area contributed by atoms with Gasteiger partial charge in [0, 0.05) is 19.1 Å². The summed E-state index contributed by atoms with van der Waals surface area (Å²) in [6.45, 7) is 7.70. The molecule has 96 valence electrons. The van der Waals surface area contributed by atoms with E-state index in [4.69, 9.17) is 11.2 Å². The van der Waals surface area contributed by atoms with Gasteiger partial charge in [0.1, 0.15) is 0 Å². The number of ether oxygens (including phenoxy) is 1. The maximum absolute atomic E-state index is 11.5. The Morgan fingerprint density at radius 3 is 2.59 bits per heavy atom. The molecule has 0 aromatic rings. The number of nitrogens with zero attached hydrogens (tertiary/aromatic N) is 1. The zero-order chi connectivity index (χ0) is 12.9. The van der Waals surface area contributed by atoms with E-state index in [-0.39, 0.29) is 11.6 Å². The second kappa shape index (κ2) is 5.92. The molecule has 4 nitrogen and oxygen atoms in total. The van der Waals surface area contributed by atoms with Crippen molar-refractivity contribution in [2.24, 2.45) is 0 Å². The second-order valence-corrected chi connectivity index (χ2v) is 4.87. The number of piperidine rings is 1. The van der Waals surface area contributed by atoms with E-state index in [1.165, 1.54) is 0 Å². The van der Waals surface area contributed by atoms with Crippen molar-refractivity contribution in [1.29, 1.82) is 0 Å². The molecule has 4 heteroatoms. The van der Waals surface area contributed by atoms with Crippen molar-refractivity contribution in [3.63, 3.8) is 0 Å². The standard InChI is InChI=1S/C13H22N2O2/c1-5-13(3,4)14-11-7-9-15(10-8-11)12(16)17-6-2/h1,11,14H,6-10H2,2-4H3. The first-order valence-corrected chi connectivity index (χ1v) is 6.15. The highest BCUT2D eigenvalue weighted by molar-refractivity contribution is 5.67. The quantitative estimate of drug-likeness (QED) is 0.759. The molecule has 1 N–H and O–H groups in total. The first kappa shape index (κ1) is 13.9. The molecule has 1 heterocycles. The van der Waals surface area contributed by atoms with Crippen LogP contribution >= 0.6 is 0 Å². The number of carbonyl (C=O) groups excluding carboxylic acids is 1. The van der Waals surface area contributed by atoms with E-state index in [9.17, 15) is 4.79 Å². The van der Waals surface area contributed by atoms with Gasteiger partial charge in [-0.15, -0.1) is 6.42 Å². The van der Waals surface area contributed by atoms with Gasteiger partial charge in [-0.3, -0.25) is 5.32 Å². The summed E-state index contributed by atoms with van der Waals surface area (Å²) in [5.74, 6) is 2.73. The zero-order valence-electron chi connectivity index (χ0n) is 11.0. The van der Waals surface area contributed by atoms with Gasteiger partial charge in [0.2, 0.25) is 0 Å². The van der Waals surface area contributed by atoms with Crippen LogP contribution in [0.3, 0.4) is 0 Å². The Balaban J connectivity index is 2.36. The Hall–Kier alpha value is -1.21. The van der Waals surface area contributed by atoms with Gasteiger partial charge >= 0.3 is 6.09 Å². The third kappa shape index (κ3) is 4.27. The molecule has 0 aliphatic carbocycles. The molecular formula is C13H22N2O2. The SMILES string of the molecule is C#CC(C)(C)NC1CCN(C(=O)OCC)CC1. The Morgan fingerprint density at radius 1 is 1.53 bits per heavy atom. The van der Waals surface area contributed by atoms with Crippen LogP contribution in [0.15, 0.2) is 0 Å². The summed E-state index contributed by atoms with van der Waals surface area (Å²) in [5.41, 5.74) is -0.281. The van der Waals surface area contributed by atoms with Crippen LogP contribution in [-0.2, 0) is 4.74 Å². The van der Waals surface area contributed by atoms with Crippen LogP contribution in [0.25, 0.3) is 0 Å². The number of likely N-dealkylation sites (tertiary alicyclic amines) is 1. The van der Waals surface area contributed by atoms with Crippen molar-refractivity contribution >= 4 is 6.09 Å². The molecule has 0 aromatic carbocycles. The van der Waals surface area contributed by atoms with E-state index in [1.807, 2.05) is 20.8 Å². The van der Waals surface area contributed by atoms with E-state index >= 15 is 0 Å². The summed E-state index contributed by atoms with van der Waals surface area (Å²) < 4.78 is 4.97. The minimum atomic E-state index is -0.281. The second-order valence-electron chi connectivity index (χ2n) is 4.87. The molecule has 0 spiro atoms. The average Bonchev–Trinajstić information content (AvgIpc) is 2.30. The largest absolute Gasteiger partial charge is 0.450 e. The van der Waals surface area contributed by atoms with Crippen molar-refractivity contribution in [3.05, 3.63) is 0 Å². The Morgan fingerprint density at radius 2 is 2.12 bits per heavy atom. The smallest absolute Gasteiger partial charge is 0.409 e. The molecule has 1 rings (SSSR count). The summed E-state index contributed by atoms with van der Waals surface area (Å²) in [5, 5.41) is 3.42. The fourth-order valence-electron chi connectivity index (χ4n) is 1.97. The Bertz CT molecular complexity index is 299.